The molecule has 1 aliphatic heterocycles. The second kappa shape index (κ2) is 6.05. The third-order valence-electron chi connectivity index (χ3n) is 3.72. The zero-order valence-corrected chi connectivity index (χ0v) is 11.6. The van der Waals surface area contributed by atoms with E-state index in [1.807, 2.05) is 31.2 Å². The highest BCUT2D eigenvalue weighted by Gasteiger charge is 2.33. The van der Waals surface area contributed by atoms with Crippen LogP contribution in [0.15, 0.2) is 24.3 Å². The SMILES string of the molecule is CCC[C@H](N)C(=O)N1Cc2ccccc2C(C(=O)O)C1. The van der Waals surface area contributed by atoms with E-state index in [0.717, 1.165) is 17.5 Å². The van der Waals surface area contributed by atoms with Crippen molar-refractivity contribution in [2.75, 3.05) is 6.54 Å². The standard InChI is InChI=1S/C15H20N2O3/c1-2-5-13(16)14(18)17-8-10-6-3-4-7-11(10)12(9-17)15(19)20/h3-4,6-7,12-13H,2,5,8-9,16H2,1H3,(H,19,20)/t12?,13-/m0/s1. The third-order valence-corrected chi connectivity index (χ3v) is 3.72. The molecule has 2 atom stereocenters. The molecule has 0 spiro atoms. The van der Waals surface area contributed by atoms with E-state index in [1.54, 1.807) is 4.90 Å². The number of fused-ring (bicyclic) bond motifs is 1. The van der Waals surface area contributed by atoms with Crippen LogP contribution in [0.1, 0.15) is 36.8 Å². The predicted octanol–water partition coefficient (Wildman–Crippen LogP) is 1.32. The summed E-state index contributed by atoms with van der Waals surface area (Å²) in [5.74, 6) is -1.73. The lowest BCUT2D eigenvalue weighted by molar-refractivity contribution is -0.141. The van der Waals surface area contributed by atoms with E-state index in [-0.39, 0.29) is 12.5 Å². The highest BCUT2D eigenvalue weighted by molar-refractivity contribution is 5.84. The fraction of sp³-hybridized carbons (Fsp3) is 0.467. The Labute approximate surface area is 118 Å². The van der Waals surface area contributed by atoms with E-state index in [9.17, 15) is 14.7 Å². The Hall–Kier alpha value is -1.88. The number of nitrogens with two attached hydrogens (primary N) is 1. The molecule has 0 bridgehead atoms. The zero-order chi connectivity index (χ0) is 14.7. The molecule has 1 aromatic carbocycles. The molecular weight excluding hydrogens is 256 g/mol. The van der Waals surface area contributed by atoms with E-state index < -0.39 is 17.9 Å². The quantitative estimate of drug-likeness (QED) is 0.869. The van der Waals surface area contributed by atoms with Gasteiger partial charge < -0.3 is 15.7 Å². The van der Waals surface area contributed by atoms with Gasteiger partial charge in [-0.15, -0.1) is 0 Å². The van der Waals surface area contributed by atoms with Crippen LogP contribution in [-0.2, 0) is 16.1 Å². The van der Waals surface area contributed by atoms with Gasteiger partial charge >= 0.3 is 5.97 Å². The van der Waals surface area contributed by atoms with Gasteiger partial charge in [0.25, 0.3) is 0 Å². The molecule has 0 aromatic heterocycles. The van der Waals surface area contributed by atoms with Crippen molar-refractivity contribution < 1.29 is 14.7 Å². The number of carboxylic acids is 1. The topological polar surface area (TPSA) is 83.6 Å². The second-order valence-electron chi connectivity index (χ2n) is 5.20. The first-order valence-corrected chi connectivity index (χ1v) is 6.89. The van der Waals surface area contributed by atoms with Crippen LogP contribution in [0.4, 0.5) is 0 Å². The maximum atomic E-state index is 12.3. The number of carboxylic acid groups (broad SMARTS) is 1. The van der Waals surface area contributed by atoms with Gasteiger partial charge in [0.15, 0.2) is 0 Å². The molecule has 5 nitrogen and oxygen atoms in total. The third kappa shape index (κ3) is 2.82. The minimum Gasteiger partial charge on any atom is -0.481 e. The summed E-state index contributed by atoms with van der Waals surface area (Å²) in [5, 5.41) is 9.36. The Morgan fingerprint density at radius 3 is 2.80 bits per heavy atom. The van der Waals surface area contributed by atoms with Gasteiger partial charge in [-0.2, -0.15) is 0 Å². The van der Waals surface area contributed by atoms with Crippen LogP contribution in [0.3, 0.4) is 0 Å². The van der Waals surface area contributed by atoms with Gasteiger partial charge in [-0.3, -0.25) is 9.59 Å². The van der Waals surface area contributed by atoms with Crippen LogP contribution in [0.5, 0.6) is 0 Å². The Morgan fingerprint density at radius 1 is 1.45 bits per heavy atom. The van der Waals surface area contributed by atoms with E-state index >= 15 is 0 Å². The Kier molecular flexibility index (Phi) is 4.39. The van der Waals surface area contributed by atoms with Crippen molar-refractivity contribution >= 4 is 11.9 Å². The largest absolute Gasteiger partial charge is 0.481 e. The molecule has 1 amide bonds. The summed E-state index contributed by atoms with van der Waals surface area (Å²) in [4.78, 5) is 25.3. The van der Waals surface area contributed by atoms with E-state index in [1.165, 1.54) is 0 Å². The number of rotatable bonds is 4. The summed E-state index contributed by atoms with van der Waals surface area (Å²) in [6, 6.07) is 6.84. The van der Waals surface area contributed by atoms with Crippen molar-refractivity contribution in [3.8, 4) is 0 Å². The lowest BCUT2D eigenvalue weighted by Gasteiger charge is -2.34. The first kappa shape index (κ1) is 14.5. The molecule has 1 unspecified atom stereocenters. The summed E-state index contributed by atoms with van der Waals surface area (Å²) in [7, 11) is 0. The fourth-order valence-electron chi connectivity index (χ4n) is 2.66. The summed E-state index contributed by atoms with van der Waals surface area (Å²) in [5.41, 5.74) is 7.55. The van der Waals surface area contributed by atoms with Gasteiger partial charge in [-0.05, 0) is 17.5 Å². The molecule has 0 radical (unpaired) electrons. The van der Waals surface area contributed by atoms with Crippen LogP contribution < -0.4 is 5.73 Å². The van der Waals surface area contributed by atoms with Gasteiger partial charge in [0.1, 0.15) is 0 Å². The lowest BCUT2D eigenvalue weighted by atomic mass is 9.89. The van der Waals surface area contributed by atoms with Crippen LogP contribution in [0.25, 0.3) is 0 Å². The number of carbonyl (C=O) groups excluding carboxylic acids is 1. The monoisotopic (exact) mass is 276 g/mol. The first-order chi connectivity index (χ1) is 9.54. The maximum absolute atomic E-state index is 12.3. The Bertz CT molecular complexity index is 516. The summed E-state index contributed by atoms with van der Waals surface area (Å²) in [6.45, 7) is 2.61. The first-order valence-electron chi connectivity index (χ1n) is 6.89. The molecule has 2 rings (SSSR count). The number of nitrogens with zero attached hydrogens (tertiary/aromatic N) is 1. The molecule has 0 saturated heterocycles. The van der Waals surface area contributed by atoms with E-state index in [4.69, 9.17) is 5.73 Å². The second-order valence-corrected chi connectivity index (χ2v) is 5.20. The molecule has 0 fully saturated rings. The van der Waals surface area contributed by atoms with Crippen LogP contribution in [0, 0.1) is 0 Å². The summed E-state index contributed by atoms with van der Waals surface area (Å²) >= 11 is 0. The van der Waals surface area contributed by atoms with Crippen molar-refractivity contribution in [1.29, 1.82) is 0 Å². The summed E-state index contributed by atoms with van der Waals surface area (Å²) < 4.78 is 0. The van der Waals surface area contributed by atoms with Crippen molar-refractivity contribution in [3.63, 3.8) is 0 Å². The molecule has 108 valence electrons. The van der Waals surface area contributed by atoms with Gasteiger partial charge in [0.05, 0.1) is 12.0 Å². The Morgan fingerprint density at radius 2 is 2.15 bits per heavy atom. The van der Waals surface area contributed by atoms with Crippen molar-refractivity contribution in [1.82, 2.24) is 4.90 Å². The highest BCUT2D eigenvalue weighted by atomic mass is 16.4. The molecule has 3 N–H and O–H groups in total. The molecule has 5 heteroatoms. The van der Waals surface area contributed by atoms with Crippen molar-refractivity contribution in [3.05, 3.63) is 35.4 Å². The van der Waals surface area contributed by atoms with Crippen LogP contribution in [0.2, 0.25) is 0 Å². The van der Waals surface area contributed by atoms with E-state index in [2.05, 4.69) is 0 Å². The van der Waals surface area contributed by atoms with Gasteiger partial charge in [-0.1, -0.05) is 37.6 Å². The van der Waals surface area contributed by atoms with Crippen LogP contribution in [-0.4, -0.2) is 34.5 Å². The average molecular weight is 276 g/mol. The molecule has 0 aliphatic carbocycles. The minimum absolute atomic E-state index is 0.160. The molecular formula is C15H20N2O3. The zero-order valence-electron chi connectivity index (χ0n) is 11.6. The number of carbonyl (C=O) groups is 2. The molecule has 0 saturated carbocycles. The predicted molar refractivity (Wildman–Crippen MR) is 75.1 cm³/mol. The summed E-state index contributed by atoms with van der Waals surface area (Å²) in [6.07, 6.45) is 1.45. The molecule has 1 aliphatic rings. The number of amides is 1. The lowest BCUT2D eigenvalue weighted by Crippen LogP contribution is -2.47. The van der Waals surface area contributed by atoms with Gasteiger partial charge in [0, 0.05) is 13.1 Å². The highest BCUT2D eigenvalue weighted by Crippen LogP contribution is 2.28. The average Bonchev–Trinajstić information content (AvgIpc) is 2.45. The van der Waals surface area contributed by atoms with Crippen molar-refractivity contribution in [2.45, 2.75) is 38.3 Å². The fourth-order valence-corrected chi connectivity index (χ4v) is 2.66. The smallest absolute Gasteiger partial charge is 0.312 e. The normalized spacial score (nSPS) is 19.3. The Balaban J connectivity index is 2.24. The maximum Gasteiger partial charge on any atom is 0.312 e. The molecule has 1 aromatic rings. The van der Waals surface area contributed by atoms with Gasteiger partial charge in [0.2, 0.25) is 5.91 Å². The van der Waals surface area contributed by atoms with E-state index in [0.29, 0.717) is 13.0 Å². The number of hydrogen-bond acceptors (Lipinski definition) is 3. The number of hydrogen-bond donors (Lipinski definition) is 2. The molecule has 1 heterocycles. The number of benzene rings is 1. The molecule has 20 heavy (non-hydrogen) atoms. The van der Waals surface area contributed by atoms with Crippen molar-refractivity contribution in [2.24, 2.45) is 5.73 Å². The van der Waals surface area contributed by atoms with Gasteiger partial charge in [-0.25, -0.2) is 0 Å². The number of aliphatic carboxylic acids is 1. The van der Waals surface area contributed by atoms with Crippen LogP contribution >= 0.6 is 0 Å². The minimum atomic E-state index is -0.904.